The molecule has 0 unspecified atom stereocenters. The number of hydrogen-bond donors (Lipinski definition) is 2. The van der Waals surface area contributed by atoms with Gasteiger partial charge in [0.25, 0.3) is 11.8 Å². The summed E-state index contributed by atoms with van der Waals surface area (Å²) in [6.45, 7) is 4.15. The Balaban J connectivity index is 0.971. The van der Waals surface area contributed by atoms with Crippen LogP contribution in [0.15, 0.2) is 109 Å². The van der Waals surface area contributed by atoms with E-state index in [4.69, 9.17) is 9.97 Å². The molecule has 44 heavy (non-hydrogen) atoms. The first kappa shape index (κ1) is 27.6. The highest BCUT2D eigenvalue weighted by Gasteiger charge is 2.12. The second-order valence-electron chi connectivity index (χ2n) is 10.6. The molecule has 2 aromatic heterocycles. The van der Waals surface area contributed by atoms with E-state index in [1.165, 1.54) is 11.1 Å². The standard InChI is InChI=1S/C36H26N4O2S2/c1-21-3-17-29-31(19-21)43-35(39-29)25-9-13-27(14-10-25)37-33(41)23-5-7-24(8-6-23)34(42)38-28-15-11-26(12-16-28)36-40-30-18-4-22(2)20-32(30)44-36/h3-20H,1-2H3,(H,37,41)(H,38,42). The van der Waals surface area contributed by atoms with Crippen LogP contribution >= 0.6 is 22.7 Å². The van der Waals surface area contributed by atoms with E-state index in [1.807, 2.05) is 60.7 Å². The van der Waals surface area contributed by atoms with Gasteiger partial charge in [0.05, 0.1) is 20.4 Å². The van der Waals surface area contributed by atoms with Gasteiger partial charge in [-0.15, -0.1) is 22.7 Å². The maximum absolute atomic E-state index is 12.9. The molecule has 0 aliphatic carbocycles. The third kappa shape index (κ3) is 5.73. The first-order valence-electron chi connectivity index (χ1n) is 14.1. The van der Waals surface area contributed by atoms with Gasteiger partial charge >= 0.3 is 0 Å². The summed E-state index contributed by atoms with van der Waals surface area (Å²) >= 11 is 3.30. The maximum atomic E-state index is 12.9. The molecule has 0 saturated heterocycles. The van der Waals surface area contributed by atoms with E-state index in [0.717, 1.165) is 41.6 Å². The van der Waals surface area contributed by atoms with Crippen LogP contribution in [0.1, 0.15) is 31.8 Å². The number of rotatable bonds is 6. The average Bonchev–Trinajstić information content (AvgIpc) is 3.65. The molecule has 0 bridgehead atoms. The predicted molar refractivity (Wildman–Crippen MR) is 182 cm³/mol. The molecule has 0 spiro atoms. The van der Waals surface area contributed by atoms with E-state index in [1.54, 1.807) is 46.9 Å². The van der Waals surface area contributed by atoms with Crippen LogP contribution < -0.4 is 10.6 Å². The molecule has 0 aliphatic heterocycles. The number of fused-ring (bicyclic) bond motifs is 2. The zero-order valence-electron chi connectivity index (χ0n) is 23.9. The normalized spacial score (nSPS) is 11.1. The fraction of sp³-hybridized carbons (Fsp3) is 0.0556. The molecular formula is C36H26N4O2S2. The molecule has 214 valence electrons. The largest absolute Gasteiger partial charge is 0.322 e. The Morgan fingerprint density at radius 3 is 1.30 bits per heavy atom. The number of nitrogens with zero attached hydrogens (tertiary/aromatic N) is 2. The highest BCUT2D eigenvalue weighted by Crippen LogP contribution is 2.32. The van der Waals surface area contributed by atoms with Crippen LogP contribution in [0.4, 0.5) is 11.4 Å². The summed E-state index contributed by atoms with van der Waals surface area (Å²) < 4.78 is 2.31. The van der Waals surface area contributed by atoms with Crippen molar-refractivity contribution in [2.24, 2.45) is 0 Å². The van der Waals surface area contributed by atoms with Gasteiger partial charge < -0.3 is 10.6 Å². The quantitative estimate of drug-likeness (QED) is 0.197. The average molecular weight is 611 g/mol. The Kier molecular flexibility index (Phi) is 7.21. The van der Waals surface area contributed by atoms with E-state index in [2.05, 4.69) is 48.7 Å². The van der Waals surface area contributed by atoms with Crippen LogP contribution in [-0.4, -0.2) is 21.8 Å². The molecule has 0 fully saturated rings. The lowest BCUT2D eigenvalue weighted by atomic mass is 10.1. The Labute approximate surface area is 262 Å². The maximum Gasteiger partial charge on any atom is 0.255 e. The fourth-order valence-electron chi connectivity index (χ4n) is 4.88. The number of aryl methyl sites for hydroxylation is 2. The van der Waals surface area contributed by atoms with E-state index < -0.39 is 0 Å². The molecule has 2 heterocycles. The van der Waals surface area contributed by atoms with Crippen molar-refractivity contribution in [2.75, 3.05) is 10.6 Å². The van der Waals surface area contributed by atoms with Crippen LogP contribution in [0, 0.1) is 13.8 Å². The van der Waals surface area contributed by atoms with Crippen LogP contribution in [0.2, 0.25) is 0 Å². The van der Waals surface area contributed by atoms with E-state index in [0.29, 0.717) is 22.5 Å². The smallest absolute Gasteiger partial charge is 0.255 e. The summed E-state index contributed by atoms with van der Waals surface area (Å²) in [5, 5.41) is 7.74. The summed E-state index contributed by atoms with van der Waals surface area (Å²) in [5.41, 5.74) is 8.67. The monoisotopic (exact) mass is 610 g/mol. The second-order valence-corrected chi connectivity index (χ2v) is 12.7. The van der Waals surface area contributed by atoms with Gasteiger partial charge in [0.2, 0.25) is 0 Å². The van der Waals surface area contributed by atoms with Gasteiger partial charge in [0.15, 0.2) is 0 Å². The van der Waals surface area contributed by atoms with Crippen molar-refractivity contribution < 1.29 is 9.59 Å². The minimum absolute atomic E-state index is 0.249. The molecule has 7 aromatic rings. The van der Waals surface area contributed by atoms with Crippen LogP contribution in [-0.2, 0) is 0 Å². The summed E-state index contributed by atoms with van der Waals surface area (Å²) in [5.74, 6) is -0.499. The van der Waals surface area contributed by atoms with Gasteiger partial charge in [0.1, 0.15) is 10.0 Å². The Morgan fingerprint density at radius 2 is 0.909 bits per heavy atom. The molecule has 0 aliphatic rings. The molecule has 6 nitrogen and oxygen atoms in total. The Hall–Kier alpha value is -5.18. The van der Waals surface area contributed by atoms with Gasteiger partial charge in [-0.2, -0.15) is 0 Å². The molecule has 8 heteroatoms. The number of aromatic nitrogens is 2. The van der Waals surface area contributed by atoms with Crippen LogP contribution in [0.5, 0.6) is 0 Å². The third-order valence-corrected chi connectivity index (χ3v) is 9.41. The molecular weight excluding hydrogens is 585 g/mol. The van der Waals surface area contributed by atoms with Crippen molar-refractivity contribution in [3.8, 4) is 21.1 Å². The third-order valence-electron chi connectivity index (χ3n) is 7.28. The lowest BCUT2D eigenvalue weighted by Gasteiger charge is -2.08. The number of anilines is 2. The molecule has 7 rings (SSSR count). The zero-order chi connectivity index (χ0) is 30.2. The lowest BCUT2D eigenvalue weighted by molar-refractivity contribution is 0.101. The predicted octanol–water partition coefficient (Wildman–Crippen LogP) is 9.36. The number of carbonyl (C=O) groups is 2. The molecule has 0 atom stereocenters. The van der Waals surface area contributed by atoms with Crippen LogP contribution in [0.25, 0.3) is 41.6 Å². The van der Waals surface area contributed by atoms with Gasteiger partial charge in [-0.25, -0.2) is 9.97 Å². The zero-order valence-corrected chi connectivity index (χ0v) is 25.6. The Morgan fingerprint density at radius 1 is 0.523 bits per heavy atom. The molecule has 0 saturated carbocycles. The first-order chi connectivity index (χ1) is 21.4. The molecule has 2 amide bonds. The van der Waals surface area contributed by atoms with Crippen LogP contribution in [0.3, 0.4) is 0 Å². The van der Waals surface area contributed by atoms with Gasteiger partial charge in [-0.05, 0) is 122 Å². The molecule has 5 aromatic carbocycles. The summed E-state index contributed by atoms with van der Waals surface area (Å²) in [7, 11) is 0. The molecule has 2 N–H and O–H groups in total. The highest BCUT2D eigenvalue weighted by atomic mass is 32.1. The lowest BCUT2D eigenvalue weighted by Crippen LogP contribution is -2.14. The minimum Gasteiger partial charge on any atom is -0.322 e. The van der Waals surface area contributed by atoms with E-state index in [-0.39, 0.29) is 11.8 Å². The second kappa shape index (κ2) is 11.5. The first-order valence-corrected chi connectivity index (χ1v) is 15.7. The van der Waals surface area contributed by atoms with E-state index >= 15 is 0 Å². The number of nitrogens with one attached hydrogen (secondary N) is 2. The summed E-state index contributed by atoms with van der Waals surface area (Å²) in [6, 6.07) is 34.4. The van der Waals surface area contributed by atoms with Crippen molar-refractivity contribution in [3.05, 3.63) is 131 Å². The van der Waals surface area contributed by atoms with Gasteiger partial charge in [-0.1, -0.05) is 12.1 Å². The topological polar surface area (TPSA) is 84.0 Å². The van der Waals surface area contributed by atoms with Crippen molar-refractivity contribution in [1.82, 2.24) is 9.97 Å². The summed E-state index contributed by atoms with van der Waals surface area (Å²) in [4.78, 5) is 35.2. The fourth-order valence-corrected chi connectivity index (χ4v) is 7.02. The summed E-state index contributed by atoms with van der Waals surface area (Å²) in [6.07, 6.45) is 0. The van der Waals surface area contributed by atoms with Crippen molar-refractivity contribution in [1.29, 1.82) is 0 Å². The number of amides is 2. The number of carbonyl (C=O) groups excluding carboxylic acids is 2. The van der Waals surface area contributed by atoms with Gasteiger partial charge in [-0.3, -0.25) is 9.59 Å². The van der Waals surface area contributed by atoms with Crippen molar-refractivity contribution in [3.63, 3.8) is 0 Å². The Bertz CT molecular complexity index is 2010. The number of hydrogen-bond acceptors (Lipinski definition) is 6. The van der Waals surface area contributed by atoms with Crippen molar-refractivity contribution in [2.45, 2.75) is 13.8 Å². The van der Waals surface area contributed by atoms with Crippen molar-refractivity contribution >= 4 is 66.3 Å². The number of thiazole rings is 2. The number of benzene rings is 5. The van der Waals surface area contributed by atoms with E-state index in [9.17, 15) is 9.59 Å². The highest BCUT2D eigenvalue weighted by molar-refractivity contribution is 7.22. The van der Waals surface area contributed by atoms with Gasteiger partial charge in [0, 0.05) is 33.6 Å². The molecule has 0 radical (unpaired) electrons. The SMILES string of the molecule is Cc1ccc2nc(-c3ccc(NC(=O)c4ccc(C(=O)Nc5ccc(-c6nc7ccc(C)cc7s6)cc5)cc4)cc3)sc2c1. The minimum atomic E-state index is -0.249.